The van der Waals surface area contributed by atoms with Gasteiger partial charge < -0.3 is 23.5 Å². The summed E-state index contributed by atoms with van der Waals surface area (Å²) < 4.78 is 24.9. The van der Waals surface area contributed by atoms with Crippen molar-refractivity contribution in [1.29, 1.82) is 0 Å². The second kappa shape index (κ2) is 12.0. The zero-order valence-corrected chi connectivity index (χ0v) is 27.2. The second-order valence-corrected chi connectivity index (χ2v) is 13.7. The molecule has 2 fully saturated rings. The molecular weight excluding hydrogens is 580 g/mol. The van der Waals surface area contributed by atoms with Gasteiger partial charge in [0.15, 0.2) is 11.5 Å². The molecule has 5 atom stereocenters. The summed E-state index contributed by atoms with van der Waals surface area (Å²) >= 11 is 0. The number of hydrogen-bond acceptors (Lipinski definition) is 7. The van der Waals surface area contributed by atoms with Crippen molar-refractivity contribution in [2.75, 3.05) is 26.7 Å². The van der Waals surface area contributed by atoms with Gasteiger partial charge in [-0.05, 0) is 73.9 Å². The number of furan rings is 1. The molecule has 1 saturated carbocycles. The van der Waals surface area contributed by atoms with Crippen LogP contribution in [0.15, 0.2) is 71.6 Å². The number of carbonyl (C=O) groups excluding carboxylic acids is 2. The molecule has 1 amide bonds. The topological polar surface area (TPSA) is 81.5 Å². The Morgan fingerprint density at radius 3 is 2.67 bits per heavy atom. The SMILES string of the molecule is COc1ccc2c3c1O[C@H]1[C@H](N(CC(C)C)C(=O)/C=C/c4ccoc4)CC[C@@]4(OC(C)=O)[C@@H](C2)N(CCc2ccccc2)CC[C@]314. The summed E-state index contributed by atoms with van der Waals surface area (Å²) in [5.74, 6) is 1.34. The van der Waals surface area contributed by atoms with Gasteiger partial charge in [-0.2, -0.15) is 0 Å². The first-order valence-corrected chi connectivity index (χ1v) is 16.6. The van der Waals surface area contributed by atoms with E-state index in [1.165, 1.54) is 18.1 Å². The Kier molecular flexibility index (Phi) is 7.96. The number of nitrogens with zero attached hydrogens (tertiary/aromatic N) is 2. The summed E-state index contributed by atoms with van der Waals surface area (Å²) in [6, 6.07) is 16.4. The molecule has 0 unspecified atom stereocenters. The number of esters is 1. The lowest BCUT2D eigenvalue weighted by molar-refractivity contribution is -0.224. The van der Waals surface area contributed by atoms with E-state index < -0.39 is 17.1 Å². The number of piperidine rings is 1. The first-order valence-electron chi connectivity index (χ1n) is 16.6. The van der Waals surface area contributed by atoms with Crippen molar-refractivity contribution in [1.82, 2.24) is 9.80 Å². The molecule has 4 aliphatic rings. The van der Waals surface area contributed by atoms with Crippen molar-refractivity contribution < 1.29 is 28.2 Å². The van der Waals surface area contributed by atoms with E-state index in [0.29, 0.717) is 25.1 Å². The van der Waals surface area contributed by atoms with Crippen molar-refractivity contribution in [3.05, 3.63) is 89.4 Å². The highest BCUT2D eigenvalue weighted by molar-refractivity contribution is 5.92. The monoisotopic (exact) mass is 624 g/mol. The van der Waals surface area contributed by atoms with E-state index in [-0.39, 0.29) is 29.9 Å². The number of methoxy groups -OCH3 is 1. The van der Waals surface area contributed by atoms with Crippen molar-refractivity contribution in [3.63, 3.8) is 0 Å². The molecule has 3 aromatic rings. The lowest BCUT2D eigenvalue weighted by atomic mass is 9.48. The number of amides is 1. The minimum absolute atomic E-state index is 0.0111. The van der Waals surface area contributed by atoms with Crippen LogP contribution >= 0.6 is 0 Å². The van der Waals surface area contributed by atoms with Crippen LogP contribution in [0.4, 0.5) is 0 Å². The molecule has 0 N–H and O–H groups in total. The number of ether oxygens (including phenoxy) is 3. The van der Waals surface area contributed by atoms with E-state index in [2.05, 4.69) is 49.1 Å². The molecule has 8 nitrogen and oxygen atoms in total. The van der Waals surface area contributed by atoms with Crippen molar-refractivity contribution in [2.45, 2.75) is 82.1 Å². The number of benzene rings is 2. The summed E-state index contributed by atoms with van der Waals surface area (Å²) in [6.07, 6.45) is 10.0. The number of likely N-dealkylation sites (tertiary alicyclic amines) is 1. The van der Waals surface area contributed by atoms with Gasteiger partial charge in [0.1, 0.15) is 11.7 Å². The van der Waals surface area contributed by atoms with Crippen LogP contribution in [0.2, 0.25) is 0 Å². The zero-order valence-electron chi connectivity index (χ0n) is 27.2. The van der Waals surface area contributed by atoms with Crippen LogP contribution in [0.25, 0.3) is 6.08 Å². The maximum atomic E-state index is 14.1. The third-order valence-electron chi connectivity index (χ3n) is 10.8. The second-order valence-electron chi connectivity index (χ2n) is 13.7. The van der Waals surface area contributed by atoms with Crippen LogP contribution in [0.1, 0.15) is 62.3 Å². The highest BCUT2D eigenvalue weighted by Gasteiger charge is 2.75. The molecule has 1 aromatic heterocycles. The van der Waals surface area contributed by atoms with Gasteiger partial charge in [0, 0.05) is 37.2 Å². The molecule has 8 heteroatoms. The Morgan fingerprint density at radius 1 is 1.13 bits per heavy atom. The lowest BCUT2D eigenvalue weighted by Crippen LogP contribution is -2.79. The average molecular weight is 625 g/mol. The van der Waals surface area contributed by atoms with E-state index in [4.69, 9.17) is 18.6 Å². The van der Waals surface area contributed by atoms with E-state index in [1.807, 2.05) is 23.1 Å². The zero-order chi connectivity index (χ0) is 32.1. The number of carbonyl (C=O) groups is 2. The van der Waals surface area contributed by atoms with Crippen LogP contribution < -0.4 is 9.47 Å². The predicted octanol–water partition coefficient (Wildman–Crippen LogP) is 5.82. The fourth-order valence-corrected chi connectivity index (χ4v) is 9.11. The van der Waals surface area contributed by atoms with Crippen molar-refractivity contribution >= 4 is 18.0 Å². The van der Waals surface area contributed by atoms with Crippen molar-refractivity contribution in [3.8, 4) is 11.5 Å². The maximum Gasteiger partial charge on any atom is 0.303 e. The van der Waals surface area contributed by atoms with Gasteiger partial charge in [0.2, 0.25) is 5.91 Å². The van der Waals surface area contributed by atoms with E-state index in [0.717, 1.165) is 49.2 Å². The van der Waals surface area contributed by atoms with Crippen LogP contribution in [-0.4, -0.2) is 72.2 Å². The minimum atomic E-state index is -0.793. The largest absolute Gasteiger partial charge is 0.493 e. The first kappa shape index (κ1) is 30.6. The van der Waals surface area contributed by atoms with Crippen LogP contribution in [0, 0.1) is 5.92 Å². The summed E-state index contributed by atoms with van der Waals surface area (Å²) in [5, 5.41) is 0. The molecule has 2 aromatic carbocycles. The Balaban J connectivity index is 1.33. The fourth-order valence-electron chi connectivity index (χ4n) is 9.11. The van der Waals surface area contributed by atoms with Gasteiger partial charge in [0.05, 0.1) is 37.1 Å². The Labute approximate surface area is 271 Å². The highest BCUT2D eigenvalue weighted by Crippen LogP contribution is 2.67. The molecule has 2 aliphatic heterocycles. The maximum absolute atomic E-state index is 14.1. The quantitative estimate of drug-likeness (QED) is 0.208. The van der Waals surface area contributed by atoms with E-state index in [1.54, 1.807) is 31.8 Å². The third kappa shape index (κ3) is 4.84. The molecule has 1 spiro atoms. The van der Waals surface area contributed by atoms with E-state index >= 15 is 0 Å². The number of hydrogen-bond donors (Lipinski definition) is 0. The molecule has 2 bridgehead atoms. The number of rotatable bonds is 10. The summed E-state index contributed by atoms with van der Waals surface area (Å²) in [7, 11) is 1.67. The molecule has 242 valence electrons. The standard InChI is InChI=1S/C38H44N2O6/c1-25(2)23-40(33(42)13-10-28-16-21-44-24-28)30-14-17-38(46-26(3)41)32-22-29-11-12-31(43-4)35-34(29)37(38,36(30)45-35)18-20-39(32)19-15-27-8-6-5-7-9-27/h5-13,16,21,24-25,30,32,36H,14-15,17-20,22-23H2,1-4H3/b13-10+/t30-,32-,36+,37+,38-/m1/s1. The molecular formula is C38H44N2O6. The van der Waals surface area contributed by atoms with Gasteiger partial charge in [-0.15, -0.1) is 0 Å². The van der Waals surface area contributed by atoms with E-state index in [9.17, 15) is 9.59 Å². The summed E-state index contributed by atoms with van der Waals surface area (Å²) in [6.45, 7) is 8.11. The highest BCUT2D eigenvalue weighted by atomic mass is 16.6. The molecule has 7 rings (SSSR count). The molecule has 46 heavy (non-hydrogen) atoms. The molecule has 1 saturated heterocycles. The summed E-state index contributed by atoms with van der Waals surface area (Å²) in [4.78, 5) is 31.7. The van der Waals surface area contributed by atoms with Crippen molar-refractivity contribution in [2.24, 2.45) is 5.92 Å². The lowest BCUT2D eigenvalue weighted by Gasteiger charge is -2.65. The fraction of sp³-hybridized carbons (Fsp3) is 0.474. The van der Waals surface area contributed by atoms with Gasteiger partial charge in [-0.25, -0.2) is 0 Å². The van der Waals surface area contributed by atoms with Gasteiger partial charge in [-0.3, -0.25) is 14.5 Å². The van der Waals surface area contributed by atoms with Crippen LogP contribution in [0.5, 0.6) is 11.5 Å². The van der Waals surface area contributed by atoms with Crippen LogP contribution in [-0.2, 0) is 32.6 Å². The smallest absolute Gasteiger partial charge is 0.303 e. The first-order chi connectivity index (χ1) is 22.3. The van der Waals surface area contributed by atoms with Gasteiger partial charge >= 0.3 is 5.97 Å². The molecule has 0 radical (unpaired) electrons. The third-order valence-corrected chi connectivity index (χ3v) is 10.8. The summed E-state index contributed by atoms with van der Waals surface area (Å²) in [5.41, 5.74) is 3.07. The predicted molar refractivity (Wildman–Crippen MR) is 175 cm³/mol. The molecule has 3 heterocycles. The Hall–Kier alpha value is -4.04. The van der Waals surface area contributed by atoms with Gasteiger partial charge in [-0.1, -0.05) is 50.2 Å². The Morgan fingerprint density at radius 2 is 1.96 bits per heavy atom. The normalized spacial score (nSPS) is 27.7. The Bertz CT molecular complexity index is 1620. The average Bonchev–Trinajstić information content (AvgIpc) is 3.69. The van der Waals surface area contributed by atoms with Gasteiger partial charge in [0.25, 0.3) is 0 Å². The molecule has 2 aliphatic carbocycles. The minimum Gasteiger partial charge on any atom is -0.493 e. The van der Waals surface area contributed by atoms with Crippen LogP contribution in [0.3, 0.4) is 0 Å².